The Morgan fingerprint density at radius 2 is 2.00 bits per heavy atom. The summed E-state index contributed by atoms with van der Waals surface area (Å²) in [5, 5.41) is 7.04. The molecule has 0 radical (unpaired) electrons. The molecule has 0 saturated carbocycles. The number of hydrogen-bond acceptors (Lipinski definition) is 4. The predicted octanol–water partition coefficient (Wildman–Crippen LogP) is 3.55. The summed E-state index contributed by atoms with van der Waals surface area (Å²) in [4.78, 5) is 16.0. The first-order valence-corrected chi connectivity index (χ1v) is 10.2. The molecule has 2 N–H and O–H groups in total. The lowest BCUT2D eigenvalue weighted by molar-refractivity contribution is -0.117. The van der Waals surface area contributed by atoms with Gasteiger partial charge in [-0.1, -0.05) is 0 Å². The first-order valence-electron chi connectivity index (χ1n) is 9.79. The number of aryl methyl sites for hydroxylation is 1. The zero-order chi connectivity index (χ0) is 20.8. The Morgan fingerprint density at radius 1 is 1.24 bits per heavy atom. The first kappa shape index (κ1) is 20.9. The van der Waals surface area contributed by atoms with Crippen molar-refractivity contribution in [3.8, 4) is 5.75 Å². The van der Waals surface area contributed by atoms with Gasteiger partial charge < -0.3 is 25.2 Å². The third-order valence-electron chi connectivity index (χ3n) is 5.06. The van der Waals surface area contributed by atoms with E-state index in [2.05, 4.69) is 15.5 Å². The van der Waals surface area contributed by atoms with Crippen LogP contribution >= 0.6 is 12.2 Å². The van der Waals surface area contributed by atoms with Crippen molar-refractivity contribution in [2.24, 2.45) is 0 Å². The molecule has 0 unspecified atom stereocenters. The van der Waals surface area contributed by atoms with Gasteiger partial charge in [-0.05, 0) is 73.6 Å². The van der Waals surface area contributed by atoms with Crippen molar-refractivity contribution >= 4 is 40.3 Å². The number of rotatable bonds is 7. The minimum absolute atomic E-state index is 0.201. The number of ether oxygens (including phenoxy) is 1. The van der Waals surface area contributed by atoms with Gasteiger partial charge >= 0.3 is 0 Å². The number of nitrogens with one attached hydrogen (secondary N) is 2. The highest BCUT2D eigenvalue weighted by atomic mass is 32.1. The third-order valence-corrected chi connectivity index (χ3v) is 5.31. The van der Waals surface area contributed by atoms with Gasteiger partial charge in [-0.15, -0.1) is 0 Å². The van der Waals surface area contributed by atoms with Crippen molar-refractivity contribution in [2.75, 3.05) is 48.9 Å². The maximum Gasteiger partial charge on any atom is 0.227 e. The van der Waals surface area contributed by atoms with Crippen molar-refractivity contribution in [3.05, 3.63) is 48.0 Å². The highest BCUT2D eigenvalue weighted by Crippen LogP contribution is 2.27. The van der Waals surface area contributed by atoms with Crippen molar-refractivity contribution in [2.45, 2.75) is 19.8 Å². The van der Waals surface area contributed by atoms with E-state index < -0.39 is 0 Å². The standard InChI is InChI=1S/C22H28N4O2S/c1-16-15-17(6-11-20(16)26-13-4-5-21(26)27)24-22(29)23-12-14-25(2)18-7-9-19(28-3)10-8-18/h6-11,15H,4-5,12-14H2,1-3H3,(H2,23,24,29). The van der Waals surface area contributed by atoms with Crippen LogP contribution in [0.5, 0.6) is 5.75 Å². The fourth-order valence-corrected chi connectivity index (χ4v) is 3.64. The maximum absolute atomic E-state index is 12.0. The van der Waals surface area contributed by atoms with Crippen LogP contribution in [-0.4, -0.2) is 44.8 Å². The highest BCUT2D eigenvalue weighted by molar-refractivity contribution is 7.80. The molecule has 2 aromatic rings. The number of carbonyl (C=O) groups is 1. The molecule has 0 aliphatic carbocycles. The summed E-state index contributed by atoms with van der Waals surface area (Å²) in [5.74, 6) is 1.05. The molecular weight excluding hydrogens is 384 g/mol. The van der Waals surface area contributed by atoms with Crippen LogP contribution in [-0.2, 0) is 4.79 Å². The summed E-state index contributed by atoms with van der Waals surface area (Å²) < 4.78 is 5.19. The SMILES string of the molecule is COc1ccc(N(C)CCNC(=S)Nc2ccc(N3CCCC3=O)c(C)c2)cc1. The molecule has 6 nitrogen and oxygen atoms in total. The van der Waals surface area contributed by atoms with Gasteiger partial charge in [0.05, 0.1) is 7.11 Å². The second-order valence-corrected chi connectivity index (χ2v) is 7.56. The molecule has 7 heteroatoms. The Kier molecular flexibility index (Phi) is 6.93. The zero-order valence-electron chi connectivity index (χ0n) is 17.2. The average Bonchev–Trinajstić information content (AvgIpc) is 3.13. The monoisotopic (exact) mass is 412 g/mol. The minimum Gasteiger partial charge on any atom is -0.497 e. The molecule has 1 amide bonds. The van der Waals surface area contributed by atoms with E-state index in [1.165, 1.54) is 0 Å². The molecule has 2 aromatic carbocycles. The number of anilines is 3. The fourth-order valence-electron chi connectivity index (χ4n) is 3.42. The van der Waals surface area contributed by atoms with Crippen LogP contribution in [0.25, 0.3) is 0 Å². The normalized spacial score (nSPS) is 13.3. The molecular formula is C22H28N4O2S. The van der Waals surface area contributed by atoms with Crippen molar-refractivity contribution in [3.63, 3.8) is 0 Å². The molecule has 1 heterocycles. The number of hydrogen-bond donors (Lipinski definition) is 2. The van der Waals surface area contributed by atoms with Gasteiger partial charge in [0.25, 0.3) is 0 Å². The number of carbonyl (C=O) groups excluding carboxylic acids is 1. The number of methoxy groups -OCH3 is 1. The van der Waals surface area contributed by atoms with Gasteiger partial charge in [0.15, 0.2) is 5.11 Å². The van der Waals surface area contributed by atoms with Crippen molar-refractivity contribution < 1.29 is 9.53 Å². The van der Waals surface area contributed by atoms with E-state index in [0.29, 0.717) is 18.1 Å². The largest absolute Gasteiger partial charge is 0.497 e. The van der Waals surface area contributed by atoms with Crippen LogP contribution in [0.3, 0.4) is 0 Å². The molecule has 1 saturated heterocycles. The maximum atomic E-state index is 12.0. The van der Waals surface area contributed by atoms with Crippen LogP contribution in [0.2, 0.25) is 0 Å². The van der Waals surface area contributed by atoms with E-state index in [1.807, 2.05) is 61.3 Å². The van der Waals surface area contributed by atoms with Crippen molar-refractivity contribution in [1.82, 2.24) is 5.32 Å². The smallest absolute Gasteiger partial charge is 0.227 e. The average molecular weight is 413 g/mol. The summed E-state index contributed by atoms with van der Waals surface area (Å²) in [6.45, 7) is 4.34. The molecule has 3 rings (SSSR count). The van der Waals surface area contributed by atoms with Gasteiger partial charge in [-0.25, -0.2) is 0 Å². The first-order chi connectivity index (χ1) is 14.0. The molecule has 154 valence electrons. The van der Waals surface area contributed by atoms with Crippen LogP contribution < -0.4 is 25.2 Å². The van der Waals surface area contributed by atoms with Gasteiger partial charge in [-0.3, -0.25) is 4.79 Å². The minimum atomic E-state index is 0.201. The number of benzene rings is 2. The van der Waals surface area contributed by atoms with Crippen LogP contribution in [0.1, 0.15) is 18.4 Å². The molecule has 1 aliphatic rings. The molecule has 1 aliphatic heterocycles. The Bertz CT molecular complexity index is 870. The van der Waals surface area contributed by atoms with Gasteiger partial charge in [0.1, 0.15) is 5.75 Å². The lowest BCUT2D eigenvalue weighted by Gasteiger charge is -2.21. The molecule has 1 fully saturated rings. The van der Waals surface area contributed by atoms with E-state index in [9.17, 15) is 4.79 Å². The van der Waals surface area contributed by atoms with Gasteiger partial charge in [-0.2, -0.15) is 0 Å². The zero-order valence-corrected chi connectivity index (χ0v) is 18.0. The van der Waals surface area contributed by atoms with E-state index >= 15 is 0 Å². The Balaban J connectivity index is 1.47. The molecule has 0 aromatic heterocycles. The van der Waals surface area contributed by atoms with Crippen LogP contribution in [0, 0.1) is 6.92 Å². The van der Waals surface area contributed by atoms with Crippen LogP contribution in [0.15, 0.2) is 42.5 Å². The van der Waals surface area contributed by atoms with Gasteiger partial charge in [0.2, 0.25) is 5.91 Å². The van der Waals surface area contributed by atoms with E-state index in [-0.39, 0.29) is 5.91 Å². The van der Waals surface area contributed by atoms with Gasteiger partial charge in [0, 0.05) is 50.2 Å². The second-order valence-electron chi connectivity index (χ2n) is 7.15. The van der Waals surface area contributed by atoms with E-state index in [4.69, 9.17) is 17.0 Å². The third kappa shape index (κ3) is 5.38. The summed E-state index contributed by atoms with van der Waals surface area (Å²) >= 11 is 5.42. The lowest BCUT2D eigenvalue weighted by atomic mass is 10.1. The lowest BCUT2D eigenvalue weighted by Crippen LogP contribution is -2.35. The number of nitrogens with zero attached hydrogens (tertiary/aromatic N) is 2. The molecule has 0 atom stereocenters. The highest BCUT2D eigenvalue weighted by Gasteiger charge is 2.22. The topological polar surface area (TPSA) is 56.8 Å². The summed E-state index contributed by atoms with van der Waals surface area (Å²) in [7, 11) is 3.71. The number of likely N-dealkylation sites (N-methyl/N-ethyl adjacent to an activating group) is 1. The fraction of sp³-hybridized carbons (Fsp3) is 0.364. The Hall–Kier alpha value is -2.80. The molecule has 0 spiro atoms. The Morgan fingerprint density at radius 3 is 2.62 bits per heavy atom. The quantitative estimate of drug-likeness (QED) is 0.679. The molecule has 29 heavy (non-hydrogen) atoms. The van der Waals surface area contributed by atoms with Crippen LogP contribution in [0.4, 0.5) is 17.1 Å². The summed E-state index contributed by atoms with van der Waals surface area (Å²) in [6.07, 6.45) is 1.57. The summed E-state index contributed by atoms with van der Waals surface area (Å²) in [6, 6.07) is 13.9. The number of thiocarbonyl (C=S) groups is 1. The van der Waals surface area contributed by atoms with E-state index in [1.54, 1.807) is 7.11 Å². The summed E-state index contributed by atoms with van der Waals surface area (Å²) in [5.41, 5.74) is 4.08. The van der Waals surface area contributed by atoms with E-state index in [0.717, 1.165) is 47.9 Å². The second kappa shape index (κ2) is 9.60. The Labute approximate surface area is 177 Å². The molecule has 0 bridgehead atoms. The van der Waals surface area contributed by atoms with Crippen molar-refractivity contribution in [1.29, 1.82) is 0 Å². The number of amides is 1. The predicted molar refractivity (Wildman–Crippen MR) is 123 cm³/mol.